The van der Waals surface area contributed by atoms with Crippen LogP contribution in [-0.4, -0.2) is 57.9 Å². The SMILES string of the molecule is COC(=O)[C@H](C)NP(=O)(OC[C@H]1S[C@@H](n2ccc(N)nc2=O)[C@@H](F)[C@@H]1O)Oc1ccc(C)cc1. The number of esters is 1. The number of aliphatic hydroxyl groups is 1. The zero-order valence-corrected chi connectivity index (χ0v) is 20.4. The van der Waals surface area contributed by atoms with Gasteiger partial charge in [0.25, 0.3) is 0 Å². The standard InChI is InChI=1S/C20H26FN4O7PS/c1-11-4-6-13(7-5-11)32-33(29,24-12(2)19(27)30-3)31-10-14-17(26)16(21)18(34-14)25-9-8-15(22)23-20(25)28/h4-9,12,14,16-18,26H,10H2,1-3H3,(H,24,29)(H2,22,23,28)/t12-,14+,16-,17+,18+,33?/m0/s1. The summed E-state index contributed by atoms with van der Waals surface area (Å²) in [6.07, 6.45) is -2.08. The highest BCUT2D eigenvalue weighted by Gasteiger charge is 2.46. The van der Waals surface area contributed by atoms with Crippen LogP contribution in [-0.2, 0) is 18.6 Å². The maximum atomic E-state index is 14.8. The summed E-state index contributed by atoms with van der Waals surface area (Å²) in [5.74, 6) is -0.510. The van der Waals surface area contributed by atoms with E-state index in [-0.39, 0.29) is 11.6 Å². The molecule has 34 heavy (non-hydrogen) atoms. The minimum absolute atomic E-state index is 0.0138. The number of rotatable bonds is 9. The molecule has 1 unspecified atom stereocenters. The molecule has 1 aliphatic rings. The Morgan fingerprint density at radius 3 is 2.68 bits per heavy atom. The molecular weight excluding hydrogens is 490 g/mol. The van der Waals surface area contributed by atoms with E-state index in [9.17, 15) is 23.7 Å². The second kappa shape index (κ2) is 10.9. The van der Waals surface area contributed by atoms with Crippen LogP contribution in [0.4, 0.5) is 10.2 Å². The molecule has 1 aromatic heterocycles. The number of ether oxygens (including phenoxy) is 1. The number of nitrogens with zero attached hydrogens (tertiary/aromatic N) is 2. The van der Waals surface area contributed by atoms with Crippen LogP contribution in [0.2, 0.25) is 0 Å². The second-order valence-corrected chi connectivity index (χ2v) is 10.7. The van der Waals surface area contributed by atoms with E-state index in [0.717, 1.165) is 21.9 Å². The van der Waals surface area contributed by atoms with E-state index in [1.54, 1.807) is 24.3 Å². The Bertz CT molecular complexity index is 1120. The number of alkyl halides is 1. The van der Waals surface area contributed by atoms with Gasteiger partial charge in [-0.3, -0.25) is 13.9 Å². The minimum atomic E-state index is -4.18. The van der Waals surface area contributed by atoms with Gasteiger partial charge in [-0.25, -0.2) is 13.8 Å². The van der Waals surface area contributed by atoms with Gasteiger partial charge in [0.05, 0.1) is 19.0 Å². The summed E-state index contributed by atoms with van der Waals surface area (Å²) in [4.78, 5) is 27.5. The molecule has 1 saturated heterocycles. The third kappa shape index (κ3) is 6.16. The van der Waals surface area contributed by atoms with Crippen molar-refractivity contribution in [2.24, 2.45) is 0 Å². The van der Waals surface area contributed by atoms with Crippen molar-refractivity contribution in [3.05, 3.63) is 52.6 Å². The van der Waals surface area contributed by atoms with Gasteiger partial charge in [-0.2, -0.15) is 10.1 Å². The van der Waals surface area contributed by atoms with Crippen molar-refractivity contribution in [2.45, 2.75) is 42.8 Å². The van der Waals surface area contributed by atoms with Gasteiger partial charge in [-0.1, -0.05) is 17.7 Å². The molecule has 4 N–H and O–H groups in total. The van der Waals surface area contributed by atoms with Gasteiger partial charge in [0.15, 0.2) is 6.17 Å². The van der Waals surface area contributed by atoms with Crippen LogP contribution in [0.1, 0.15) is 17.9 Å². The van der Waals surface area contributed by atoms with Crippen molar-refractivity contribution in [1.29, 1.82) is 0 Å². The lowest BCUT2D eigenvalue weighted by Gasteiger charge is -2.24. The fraction of sp³-hybridized carbons (Fsp3) is 0.450. The molecular formula is C20H26FN4O7PS. The number of nitrogens with one attached hydrogen (secondary N) is 1. The van der Waals surface area contributed by atoms with Crippen molar-refractivity contribution in [2.75, 3.05) is 19.5 Å². The molecule has 0 aliphatic carbocycles. The molecule has 1 aliphatic heterocycles. The number of nitrogen functional groups attached to an aromatic ring is 1. The number of thioether (sulfide) groups is 1. The molecule has 11 nitrogen and oxygen atoms in total. The Morgan fingerprint density at radius 2 is 2.06 bits per heavy atom. The van der Waals surface area contributed by atoms with E-state index >= 15 is 0 Å². The Morgan fingerprint density at radius 1 is 1.38 bits per heavy atom. The molecule has 2 heterocycles. The molecule has 1 fully saturated rings. The lowest BCUT2D eigenvalue weighted by atomic mass is 10.1. The number of hydrogen-bond donors (Lipinski definition) is 3. The first-order valence-corrected chi connectivity index (χ1v) is 12.7. The first kappa shape index (κ1) is 26.2. The number of nitrogens with two attached hydrogens (primary N) is 1. The average molecular weight is 516 g/mol. The highest BCUT2D eigenvalue weighted by atomic mass is 32.2. The van der Waals surface area contributed by atoms with E-state index in [1.165, 1.54) is 26.3 Å². The van der Waals surface area contributed by atoms with Gasteiger partial charge in [0.2, 0.25) is 0 Å². The number of aryl methyl sites for hydroxylation is 1. The molecule has 1 aromatic carbocycles. The largest absolute Gasteiger partial charge is 0.468 e. The van der Waals surface area contributed by atoms with Crippen molar-refractivity contribution in [1.82, 2.24) is 14.6 Å². The number of carbonyl (C=O) groups excluding carboxylic acids is 1. The third-order valence-corrected chi connectivity index (χ3v) is 8.16. The molecule has 0 amide bonds. The molecule has 6 atom stereocenters. The highest BCUT2D eigenvalue weighted by molar-refractivity contribution is 8.00. The summed E-state index contributed by atoms with van der Waals surface area (Å²) < 4.78 is 45.0. The Hall–Kier alpha value is -2.44. The number of methoxy groups -OCH3 is 1. The molecule has 0 radical (unpaired) electrons. The van der Waals surface area contributed by atoms with Crippen LogP contribution in [0, 0.1) is 6.92 Å². The lowest BCUT2D eigenvalue weighted by Crippen LogP contribution is -2.36. The molecule has 14 heteroatoms. The predicted octanol–water partition coefficient (Wildman–Crippen LogP) is 1.80. The summed E-state index contributed by atoms with van der Waals surface area (Å²) in [6, 6.07) is 6.90. The van der Waals surface area contributed by atoms with Crippen LogP contribution in [0.25, 0.3) is 0 Å². The van der Waals surface area contributed by atoms with E-state index in [2.05, 4.69) is 14.8 Å². The van der Waals surface area contributed by atoms with E-state index in [0.29, 0.717) is 0 Å². The van der Waals surface area contributed by atoms with Crippen molar-refractivity contribution < 1.29 is 32.6 Å². The van der Waals surface area contributed by atoms with Crippen molar-refractivity contribution >= 4 is 31.3 Å². The second-order valence-electron chi connectivity index (χ2n) is 7.61. The van der Waals surface area contributed by atoms with E-state index in [1.807, 2.05) is 6.92 Å². The monoisotopic (exact) mass is 516 g/mol. The number of aliphatic hydroxyl groups excluding tert-OH is 1. The summed E-state index contributed by atoms with van der Waals surface area (Å²) in [5, 5.41) is 10.9. The van der Waals surface area contributed by atoms with E-state index in [4.69, 9.17) is 14.8 Å². The van der Waals surface area contributed by atoms with Crippen LogP contribution >= 0.6 is 19.5 Å². The number of aromatic nitrogens is 2. The highest BCUT2D eigenvalue weighted by Crippen LogP contribution is 2.48. The number of anilines is 1. The topological polar surface area (TPSA) is 155 Å². The average Bonchev–Trinajstić information content (AvgIpc) is 3.07. The van der Waals surface area contributed by atoms with Crippen molar-refractivity contribution in [3.8, 4) is 5.75 Å². The Kier molecular flexibility index (Phi) is 8.37. The van der Waals surface area contributed by atoms with Gasteiger partial charge in [-0.05, 0) is 32.0 Å². The predicted molar refractivity (Wildman–Crippen MR) is 124 cm³/mol. The fourth-order valence-corrected chi connectivity index (χ4v) is 6.19. The molecule has 3 rings (SSSR count). The Balaban J connectivity index is 1.76. The zero-order valence-electron chi connectivity index (χ0n) is 18.7. The van der Waals surface area contributed by atoms with Gasteiger partial charge in [0.1, 0.15) is 29.1 Å². The number of hydrogen-bond acceptors (Lipinski definition) is 10. The zero-order chi connectivity index (χ0) is 25.0. The van der Waals surface area contributed by atoms with Crippen molar-refractivity contribution in [3.63, 3.8) is 0 Å². The maximum Gasteiger partial charge on any atom is 0.459 e. The van der Waals surface area contributed by atoms with Gasteiger partial charge in [0, 0.05) is 6.20 Å². The van der Waals surface area contributed by atoms with E-state index < -0.39 is 55.0 Å². The summed E-state index contributed by atoms with van der Waals surface area (Å²) in [6.45, 7) is 2.86. The number of carbonyl (C=O) groups is 1. The summed E-state index contributed by atoms with van der Waals surface area (Å²) in [5.41, 5.74) is 5.65. The third-order valence-electron chi connectivity index (χ3n) is 4.98. The molecule has 186 valence electrons. The quantitative estimate of drug-likeness (QED) is 0.330. The van der Waals surface area contributed by atoms with Gasteiger partial charge < -0.3 is 20.1 Å². The van der Waals surface area contributed by atoms with Crippen LogP contribution < -0.4 is 21.0 Å². The van der Waals surface area contributed by atoms with Gasteiger partial charge in [-0.15, -0.1) is 11.8 Å². The van der Waals surface area contributed by atoms with Gasteiger partial charge >= 0.3 is 19.4 Å². The minimum Gasteiger partial charge on any atom is -0.468 e. The molecule has 2 aromatic rings. The smallest absolute Gasteiger partial charge is 0.459 e. The summed E-state index contributed by atoms with van der Waals surface area (Å²) >= 11 is 0.915. The maximum absolute atomic E-state index is 14.8. The molecule has 0 bridgehead atoms. The van der Waals surface area contributed by atoms with Crippen LogP contribution in [0.15, 0.2) is 41.3 Å². The first-order chi connectivity index (χ1) is 16.0. The lowest BCUT2D eigenvalue weighted by molar-refractivity contribution is -0.142. The number of halogens is 1. The molecule has 0 spiro atoms. The molecule has 0 saturated carbocycles. The first-order valence-electron chi connectivity index (χ1n) is 10.2. The fourth-order valence-electron chi connectivity index (χ4n) is 3.15. The Labute approximate surface area is 199 Å². The van der Waals surface area contributed by atoms with Crippen LogP contribution in [0.5, 0.6) is 5.75 Å². The van der Waals surface area contributed by atoms with Crippen LogP contribution in [0.3, 0.4) is 0 Å². The normalized spacial score (nSPS) is 24.9. The summed E-state index contributed by atoms with van der Waals surface area (Å²) in [7, 11) is -3.01. The number of benzene rings is 1.